The maximum atomic E-state index is 4.65. The normalized spacial score (nSPS) is 14.0. The second-order valence-corrected chi connectivity index (χ2v) is 2.50. The number of hydrogen-bond donors (Lipinski definition) is 0. The Morgan fingerprint density at radius 3 is 1.92 bits per heavy atom. The number of ether oxygens (including phenoxy) is 1. The van der Waals surface area contributed by atoms with Crippen molar-refractivity contribution in [2.24, 2.45) is 4.99 Å². The van der Waals surface area contributed by atoms with E-state index < -0.39 is 0 Å². The lowest BCUT2D eigenvalue weighted by Gasteiger charge is -2.13. The van der Waals surface area contributed by atoms with Crippen molar-refractivity contribution >= 4 is 6.40 Å². The third-order valence-corrected chi connectivity index (χ3v) is 1.83. The first-order chi connectivity index (χ1) is 5.85. The van der Waals surface area contributed by atoms with Gasteiger partial charge >= 0.3 is 0 Å². The van der Waals surface area contributed by atoms with E-state index in [1.165, 1.54) is 26.0 Å². The molecule has 0 spiro atoms. The van der Waals surface area contributed by atoms with Crippen LogP contribution in [0.15, 0.2) is 4.99 Å². The molecule has 0 aromatic heterocycles. The van der Waals surface area contributed by atoms with Gasteiger partial charge in [0.25, 0.3) is 0 Å². The molecule has 0 aromatic carbocycles. The van der Waals surface area contributed by atoms with Gasteiger partial charge < -0.3 is 9.64 Å². The van der Waals surface area contributed by atoms with E-state index in [1.807, 2.05) is 0 Å². The first kappa shape index (κ1) is 11.4. The molecule has 0 fully saturated rings. The Morgan fingerprint density at radius 2 is 1.83 bits per heavy atom. The minimum absolute atomic E-state index is 0.778. The lowest BCUT2D eigenvalue weighted by Crippen LogP contribution is -2.21. The highest BCUT2D eigenvalue weighted by Gasteiger charge is 1.89. The molecule has 0 N–H and O–H groups in total. The molecule has 12 heavy (non-hydrogen) atoms. The molecule has 1 aliphatic heterocycles. The van der Waals surface area contributed by atoms with Crippen molar-refractivity contribution in [3.63, 3.8) is 0 Å². The summed E-state index contributed by atoms with van der Waals surface area (Å²) < 4.78 is 4.65. The Morgan fingerprint density at radius 1 is 1.25 bits per heavy atom. The maximum absolute atomic E-state index is 4.65. The summed E-state index contributed by atoms with van der Waals surface area (Å²) in [6.07, 6.45) is 1.49. The molecule has 0 unspecified atom stereocenters. The first-order valence-electron chi connectivity index (χ1n) is 4.67. The van der Waals surface area contributed by atoms with Gasteiger partial charge in [0.05, 0.1) is 6.54 Å². The molecule has 0 atom stereocenters. The van der Waals surface area contributed by atoms with Crippen molar-refractivity contribution in [3.05, 3.63) is 0 Å². The summed E-state index contributed by atoms with van der Waals surface area (Å²) in [5.74, 6) is 0. The number of rotatable bonds is 3. The molecule has 0 saturated carbocycles. The summed E-state index contributed by atoms with van der Waals surface area (Å²) >= 11 is 0. The molecule has 0 aliphatic carbocycles. The van der Waals surface area contributed by atoms with Crippen molar-refractivity contribution in [3.8, 4) is 0 Å². The van der Waals surface area contributed by atoms with E-state index in [9.17, 15) is 0 Å². The highest BCUT2D eigenvalue weighted by atomic mass is 16.5. The van der Waals surface area contributed by atoms with Crippen molar-refractivity contribution in [2.45, 2.75) is 20.8 Å². The van der Waals surface area contributed by atoms with Crippen molar-refractivity contribution < 1.29 is 4.74 Å². The molecule has 1 heterocycles. The largest absolute Gasteiger partial charge is 0.482 e. The van der Waals surface area contributed by atoms with Crippen LogP contribution in [0.5, 0.6) is 0 Å². The van der Waals surface area contributed by atoms with Crippen LogP contribution in [0, 0.1) is 0 Å². The molecular weight excluding hydrogens is 152 g/mol. The fourth-order valence-electron chi connectivity index (χ4n) is 0.934. The Labute approximate surface area is 75.4 Å². The standard InChI is InChI=1S/C6H15N.C3H5NO/c1-4-7(5-2)6-3;1-2-5-3-4-1/h4-6H2,1-3H3;3H,1-2H2. The van der Waals surface area contributed by atoms with E-state index in [4.69, 9.17) is 0 Å². The zero-order valence-electron chi connectivity index (χ0n) is 8.42. The predicted molar refractivity (Wildman–Crippen MR) is 52.8 cm³/mol. The van der Waals surface area contributed by atoms with E-state index in [2.05, 4.69) is 35.4 Å². The number of aliphatic imine (C=N–C) groups is 1. The van der Waals surface area contributed by atoms with Gasteiger partial charge in [0.2, 0.25) is 0 Å². The number of nitrogens with zero attached hydrogens (tertiary/aromatic N) is 2. The minimum atomic E-state index is 0.778. The summed E-state index contributed by atoms with van der Waals surface area (Å²) in [5.41, 5.74) is 0. The molecular formula is C9H20N2O. The highest BCUT2D eigenvalue weighted by molar-refractivity contribution is 5.47. The second-order valence-electron chi connectivity index (χ2n) is 2.50. The van der Waals surface area contributed by atoms with Crippen molar-refractivity contribution in [1.29, 1.82) is 0 Å². The van der Waals surface area contributed by atoms with Crippen LogP contribution in [0.3, 0.4) is 0 Å². The summed E-state index contributed by atoms with van der Waals surface area (Å²) in [4.78, 5) is 6.11. The van der Waals surface area contributed by atoms with E-state index >= 15 is 0 Å². The van der Waals surface area contributed by atoms with Gasteiger partial charge in [-0.15, -0.1) is 0 Å². The van der Waals surface area contributed by atoms with Gasteiger partial charge in [0.15, 0.2) is 6.40 Å². The van der Waals surface area contributed by atoms with Crippen molar-refractivity contribution in [2.75, 3.05) is 32.8 Å². The molecule has 0 aromatic rings. The van der Waals surface area contributed by atoms with E-state index in [1.54, 1.807) is 0 Å². The van der Waals surface area contributed by atoms with E-state index in [0.29, 0.717) is 0 Å². The SMILES string of the molecule is C1=NCCO1.CCN(CC)CC. The van der Waals surface area contributed by atoms with Gasteiger partial charge in [0.1, 0.15) is 6.61 Å². The average molecular weight is 172 g/mol. The van der Waals surface area contributed by atoms with Crippen LogP contribution in [0.4, 0.5) is 0 Å². The summed E-state index contributed by atoms with van der Waals surface area (Å²) in [6, 6.07) is 0. The Balaban J connectivity index is 0.000000211. The zero-order chi connectivity index (χ0) is 9.23. The second kappa shape index (κ2) is 8.53. The Bertz CT molecular complexity index is 99.6. The third-order valence-electron chi connectivity index (χ3n) is 1.83. The molecule has 0 saturated heterocycles. The van der Waals surface area contributed by atoms with Crippen LogP contribution in [-0.4, -0.2) is 44.1 Å². The van der Waals surface area contributed by atoms with Gasteiger partial charge in [-0.2, -0.15) is 0 Å². The van der Waals surface area contributed by atoms with Crippen molar-refractivity contribution in [1.82, 2.24) is 4.90 Å². The van der Waals surface area contributed by atoms with Crippen LogP contribution >= 0.6 is 0 Å². The fraction of sp³-hybridized carbons (Fsp3) is 0.889. The smallest absolute Gasteiger partial charge is 0.169 e. The van der Waals surface area contributed by atoms with Crippen LogP contribution in [-0.2, 0) is 4.74 Å². The Hall–Kier alpha value is -0.570. The predicted octanol–water partition coefficient (Wildman–Crippen LogP) is 1.39. The van der Waals surface area contributed by atoms with Gasteiger partial charge in [-0.25, -0.2) is 0 Å². The summed E-state index contributed by atoms with van der Waals surface area (Å²) in [7, 11) is 0. The van der Waals surface area contributed by atoms with Gasteiger partial charge in [-0.05, 0) is 19.6 Å². The zero-order valence-corrected chi connectivity index (χ0v) is 8.42. The topological polar surface area (TPSA) is 24.8 Å². The Kier molecular flexibility index (Phi) is 8.12. The highest BCUT2D eigenvalue weighted by Crippen LogP contribution is 1.81. The molecule has 1 rings (SSSR count). The van der Waals surface area contributed by atoms with Crippen LogP contribution in [0.25, 0.3) is 0 Å². The molecule has 0 amide bonds. The first-order valence-corrected chi connectivity index (χ1v) is 4.67. The molecule has 3 nitrogen and oxygen atoms in total. The molecule has 0 radical (unpaired) electrons. The third kappa shape index (κ3) is 6.16. The molecule has 0 bridgehead atoms. The fourth-order valence-corrected chi connectivity index (χ4v) is 0.934. The van der Waals surface area contributed by atoms with E-state index in [0.717, 1.165) is 13.2 Å². The quantitative estimate of drug-likeness (QED) is 0.642. The summed E-state index contributed by atoms with van der Waals surface area (Å²) in [5, 5.41) is 0. The van der Waals surface area contributed by atoms with Crippen LogP contribution < -0.4 is 0 Å². The lowest BCUT2D eigenvalue weighted by atomic mass is 10.5. The molecule has 3 heteroatoms. The lowest BCUT2D eigenvalue weighted by molar-refractivity contribution is 0.321. The van der Waals surface area contributed by atoms with Gasteiger partial charge in [-0.3, -0.25) is 4.99 Å². The molecule has 1 aliphatic rings. The van der Waals surface area contributed by atoms with Crippen LogP contribution in [0.2, 0.25) is 0 Å². The van der Waals surface area contributed by atoms with Crippen LogP contribution in [0.1, 0.15) is 20.8 Å². The maximum Gasteiger partial charge on any atom is 0.169 e. The minimum Gasteiger partial charge on any atom is -0.482 e. The van der Waals surface area contributed by atoms with Gasteiger partial charge in [0, 0.05) is 0 Å². The van der Waals surface area contributed by atoms with E-state index in [-0.39, 0.29) is 0 Å². The summed E-state index contributed by atoms with van der Waals surface area (Å²) in [6.45, 7) is 11.8. The monoisotopic (exact) mass is 172 g/mol. The number of hydrogen-bond acceptors (Lipinski definition) is 3. The molecule has 72 valence electrons. The van der Waals surface area contributed by atoms with Gasteiger partial charge in [-0.1, -0.05) is 20.8 Å². The average Bonchev–Trinajstić information content (AvgIpc) is 2.64.